The largest absolute Gasteiger partial charge is 0.311 e. The van der Waals surface area contributed by atoms with Gasteiger partial charge >= 0.3 is 0 Å². The Bertz CT molecular complexity index is 497. The Morgan fingerprint density at radius 1 is 1.44 bits per heavy atom. The number of nitrogens with zero attached hydrogens (tertiary/aromatic N) is 2. The minimum Gasteiger partial charge on any atom is -0.311 e. The molecule has 1 aliphatic carbocycles. The van der Waals surface area contributed by atoms with Crippen molar-refractivity contribution in [2.45, 2.75) is 32.2 Å². The summed E-state index contributed by atoms with van der Waals surface area (Å²) in [5, 5.41) is 3.35. The van der Waals surface area contributed by atoms with Crippen LogP contribution in [0, 0.1) is 0 Å². The Morgan fingerprint density at radius 3 is 3.06 bits per heavy atom. The summed E-state index contributed by atoms with van der Waals surface area (Å²) in [6, 6.07) is 6.33. The third-order valence-corrected chi connectivity index (χ3v) is 3.14. The van der Waals surface area contributed by atoms with E-state index in [1.807, 2.05) is 0 Å². The Hall–Kier alpha value is -1.35. The molecule has 2 aromatic rings. The van der Waals surface area contributed by atoms with Gasteiger partial charge in [-0.15, -0.1) is 0 Å². The molecule has 1 saturated carbocycles. The van der Waals surface area contributed by atoms with E-state index in [-0.39, 0.29) is 0 Å². The van der Waals surface area contributed by atoms with Gasteiger partial charge in [-0.1, -0.05) is 13.0 Å². The lowest BCUT2D eigenvalue weighted by molar-refractivity contribution is 0.715. The van der Waals surface area contributed by atoms with Gasteiger partial charge in [0.1, 0.15) is 5.82 Å². The van der Waals surface area contributed by atoms with Crippen LogP contribution in [-0.4, -0.2) is 15.9 Å². The Kier molecular flexibility index (Phi) is 2.40. The van der Waals surface area contributed by atoms with Crippen molar-refractivity contribution in [3.05, 3.63) is 35.9 Å². The number of imidazole rings is 1. The van der Waals surface area contributed by atoms with E-state index in [4.69, 9.17) is 4.98 Å². The molecular formula is C13H17N3. The van der Waals surface area contributed by atoms with E-state index in [9.17, 15) is 0 Å². The number of hydrogen-bond donors (Lipinski definition) is 1. The van der Waals surface area contributed by atoms with E-state index in [0.717, 1.165) is 13.1 Å². The van der Waals surface area contributed by atoms with Gasteiger partial charge in [0.05, 0.1) is 11.2 Å². The van der Waals surface area contributed by atoms with Crippen molar-refractivity contribution >= 4 is 5.52 Å². The lowest BCUT2D eigenvalue weighted by Gasteiger charge is -1.98. The van der Waals surface area contributed by atoms with Gasteiger partial charge in [-0.25, -0.2) is 4.98 Å². The molecule has 1 fully saturated rings. The molecule has 0 bridgehead atoms. The van der Waals surface area contributed by atoms with E-state index < -0.39 is 0 Å². The second-order valence-electron chi connectivity index (χ2n) is 4.43. The average Bonchev–Trinajstić information content (AvgIpc) is 3.10. The van der Waals surface area contributed by atoms with Crippen molar-refractivity contribution in [2.24, 2.45) is 0 Å². The summed E-state index contributed by atoms with van der Waals surface area (Å²) in [7, 11) is 0. The van der Waals surface area contributed by atoms with E-state index in [2.05, 4.69) is 41.0 Å². The van der Waals surface area contributed by atoms with Crippen molar-refractivity contribution < 1.29 is 0 Å². The third-order valence-electron chi connectivity index (χ3n) is 3.14. The van der Waals surface area contributed by atoms with Crippen LogP contribution in [0.5, 0.6) is 0 Å². The zero-order chi connectivity index (χ0) is 11.0. The first-order valence-corrected chi connectivity index (χ1v) is 6.06. The molecule has 1 aliphatic rings. The fraction of sp³-hybridized carbons (Fsp3) is 0.462. The van der Waals surface area contributed by atoms with Crippen molar-refractivity contribution in [1.29, 1.82) is 0 Å². The predicted octanol–water partition coefficient (Wildman–Crippen LogP) is 2.32. The van der Waals surface area contributed by atoms with Gasteiger partial charge in [-0.2, -0.15) is 0 Å². The van der Waals surface area contributed by atoms with Gasteiger partial charge in [0.15, 0.2) is 0 Å². The van der Waals surface area contributed by atoms with Crippen LogP contribution in [0.25, 0.3) is 5.52 Å². The maximum Gasteiger partial charge on any atom is 0.116 e. The molecule has 0 unspecified atom stereocenters. The molecule has 0 atom stereocenters. The molecule has 0 spiro atoms. The van der Waals surface area contributed by atoms with Crippen LogP contribution in [0.1, 0.15) is 37.2 Å². The fourth-order valence-electron chi connectivity index (χ4n) is 2.13. The van der Waals surface area contributed by atoms with Crippen LogP contribution in [0.4, 0.5) is 0 Å². The van der Waals surface area contributed by atoms with Gasteiger partial charge in [-0.05, 0) is 31.5 Å². The fourth-order valence-corrected chi connectivity index (χ4v) is 2.13. The first kappa shape index (κ1) is 9.85. The smallest absolute Gasteiger partial charge is 0.116 e. The first-order valence-electron chi connectivity index (χ1n) is 6.06. The van der Waals surface area contributed by atoms with Gasteiger partial charge < -0.3 is 9.72 Å². The Labute approximate surface area is 95.5 Å². The van der Waals surface area contributed by atoms with Crippen LogP contribution in [0.15, 0.2) is 24.4 Å². The van der Waals surface area contributed by atoms with Crippen LogP contribution < -0.4 is 5.32 Å². The highest BCUT2D eigenvalue weighted by atomic mass is 15.1. The normalized spacial score (nSPS) is 15.8. The molecule has 84 valence electrons. The average molecular weight is 215 g/mol. The summed E-state index contributed by atoms with van der Waals surface area (Å²) in [6.45, 7) is 3.99. The molecule has 3 nitrogen and oxygen atoms in total. The molecule has 0 radical (unpaired) electrons. The van der Waals surface area contributed by atoms with E-state index >= 15 is 0 Å². The number of fused-ring (bicyclic) bond motifs is 1. The zero-order valence-electron chi connectivity index (χ0n) is 9.61. The molecule has 1 N–H and O–H groups in total. The molecule has 2 heterocycles. The number of nitrogens with one attached hydrogen (secondary N) is 1. The standard InChI is InChI=1S/C13H17N3/c1-2-14-9-11-12-5-3-4-8-16(12)13(15-11)10-6-7-10/h3-5,8,10,14H,2,6-7,9H2,1H3. The van der Waals surface area contributed by atoms with Gasteiger partial charge in [0.25, 0.3) is 0 Å². The molecule has 2 aromatic heterocycles. The second kappa shape index (κ2) is 3.91. The summed E-state index contributed by atoms with van der Waals surface area (Å²) in [5.74, 6) is 1.95. The maximum atomic E-state index is 4.79. The summed E-state index contributed by atoms with van der Waals surface area (Å²) in [4.78, 5) is 4.79. The Morgan fingerprint density at radius 2 is 2.31 bits per heavy atom. The van der Waals surface area contributed by atoms with E-state index in [1.165, 1.54) is 29.9 Å². The monoisotopic (exact) mass is 215 g/mol. The SMILES string of the molecule is CCNCc1nc(C2CC2)n2ccccc12. The van der Waals surface area contributed by atoms with E-state index in [0.29, 0.717) is 5.92 Å². The molecule has 3 rings (SSSR count). The molecular weight excluding hydrogens is 198 g/mol. The third kappa shape index (κ3) is 1.61. The molecule has 0 aliphatic heterocycles. The maximum absolute atomic E-state index is 4.79. The van der Waals surface area contributed by atoms with Crippen LogP contribution in [0.2, 0.25) is 0 Å². The topological polar surface area (TPSA) is 29.3 Å². The summed E-state index contributed by atoms with van der Waals surface area (Å²) in [5.41, 5.74) is 2.44. The minimum absolute atomic E-state index is 0.699. The highest BCUT2D eigenvalue weighted by Gasteiger charge is 2.28. The zero-order valence-corrected chi connectivity index (χ0v) is 9.61. The molecule has 3 heteroatoms. The van der Waals surface area contributed by atoms with Crippen LogP contribution >= 0.6 is 0 Å². The quantitative estimate of drug-likeness (QED) is 0.848. The summed E-state index contributed by atoms with van der Waals surface area (Å²) in [6.07, 6.45) is 4.73. The molecule has 0 amide bonds. The van der Waals surface area contributed by atoms with Crippen LogP contribution in [-0.2, 0) is 6.54 Å². The minimum atomic E-state index is 0.699. The van der Waals surface area contributed by atoms with Crippen molar-refractivity contribution in [1.82, 2.24) is 14.7 Å². The Balaban J connectivity index is 2.06. The second-order valence-corrected chi connectivity index (χ2v) is 4.43. The van der Waals surface area contributed by atoms with Crippen molar-refractivity contribution in [3.63, 3.8) is 0 Å². The predicted molar refractivity (Wildman–Crippen MR) is 64.5 cm³/mol. The van der Waals surface area contributed by atoms with Gasteiger partial charge in [0.2, 0.25) is 0 Å². The van der Waals surface area contributed by atoms with Gasteiger partial charge in [0, 0.05) is 18.7 Å². The highest BCUT2D eigenvalue weighted by Crippen LogP contribution is 2.39. The summed E-state index contributed by atoms with van der Waals surface area (Å²) < 4.78 is 2.25. The van der Waals surface area contributed by atoms with E-state index in [1.54, 1.807) is 0 Å². The number of rotatable bonds is 4. The first-order chi connectivity index (χ1) is 7.90. The van der Waals surface area contributed by atoms with Gasteiger partial charge in [-0.3, -0.25) is 0 Å². The number of pyridine rings is 1. The molecule has 0 saturated heterocycles. The lowest BCUT2D eigenvalue weighted by atomic mass is 10.3. The molecule has 16 heavy (non-hydrogen) atoms. The highest BCUT2D eigenvalue weighted by molar-refractivity contribution is 5.53. The number of hydrogen-bond acceptors (Lipinski definition) is 2. The number of aromatic nitrogens is 2. The van der Waals surface area contributed by atoms with Crippen molar-refractivity contribution in [2.75, 3.05) is 6.54 Å². The summed E-state index contributed by atoms with van der Waals surface area (Å²) >= 11 is 0. The van der Waals surface area contributed by atoms with Crippen molar-refractivity contribution in [3.8, 4) is 0 Å². The van der Waals surface area contributed by atoms with Crippen LogP contribution in [0.3, 0.4) is 0 Å². The lowest BCUT2D eigenvalue weighted by Crippen LogP contribution is -2.12. The molecule has 0 aromatic carbocycles.